The van der Waals surface area contributed by atoms with Gasteiger partial charge in [0.05, 0.1) is 0 Å². The van der Waals surface area contributed by atoms with E-state index in [1.807, 2.05) is 6.08 Å². The highest BCUT2D eigenvalue weighted by atomic mass is 16.1. The minimum absolute atomic E-state index is 0.668. The van der Waals surface area contributed by atoms with Crippen molar-refractivity contribution in [3.05, 3.63) is 12.3 Å². The zero-order valence-corrected chi connectivity index (χ0v) is 9.65. The third-order valence-electron chi connectivity index (χ3n) is 3.08. The summed E-state index contributed by atoms with van der Waals surface area (Å²) in [5.41, 5.74) is 0. The van der Waals surface area contributed by atoms with Gasteiger partial charge in [-0.1, -0.05) is 6.08 Å². The maximum absolute atomic E-state index is 9.82. The molecule has 0 aliphatic carbocycles. The van der Waals surface area contributed by atoms with E-state index < -0.39 is 0 Å². The maximum atomic E-state index is 9.82. The van der Waals surface area contributed by atoms with Crippen LogP contribution in [-0.4, -0.2) is 30.1 Å². The maximum Gasteiger partial charge on any atom is 0.239 e. The Bertz CT molecular complexity index is 246. The topological polar surface area (TPSA) is 32.7 Å². The lowest BCUT2D eigenvalue weighted by molar-refractivity contribution is 0.150. The lowest BCUT2D eigenvalue weighted by atomic mass is 9.93. The number of isocyanates is 1. The second-order valence-corrected chi connectivity index (χ2v) is 4.41. The van der Waals surface area contributed by atoms with Crippen LogP contribution in [0.3, 0.4) is 0 Å². The summed E-state index contributed by atoms with van der Waals surface area (Å²) < 4.78 is 0. The first-order chi connectivity index (χ1) is 7.24. The Balaban J connectivity index is 2.22. The Morgan fingerprint density at radius 3 is 2.67 bits per heavy atom. The first-order valence-corrected chi connectivity index (χ1v) is 5.70. The van der Waals surface area contributed by atoms with Crippen molar-refractivity contribution in [3.8, 4) is 0 Å². The van der Waals surface area contributed by atoms with Crippen molar-refractivity contribution < 1.29 is 4.79 Å². The molecule has 1 heterocycles. The number of likely N-dealkylation sites (tertiary alicyclic amines) is 1. The Kier molecular flexibility index (Phi) is 5.30. The van der Waals surface area contributed by atoms with E-state index in [4.69, 9.17) is 0 Å². The van der Waals surface area contributed by atoms with Crippen molar-refractivity contribution in [2.24, 2.45) is 10.9 Å². The normalized spacial score (nSPS) is 19.7. The molecule has 3 heteroatoms. The van der Waals surface area contributed by atoms with E-state index in [0.29, 0.717) is 6.04 Å². The molecular formula is C12H20N2O. The van der Waals surface area contributed by atoms with E-state index in [9.17, 15) is 4.79 Å². The standard InChI is InChI=1S/C12H20N2O/c1-11(2)14-8-5-12(6-9-14)4-3-7-13-10-15/h3,7,11-12H,4-6,8-9H2,1-2H3/b7-3-. The third-order valence-corrected chi connectivity index (χ3v) is 3.08. The first-order valence-electron chi connectivity index (χ1n) is 5.70. The van der Waals surface area contributed by atoms with Crippen LogP contribution in [0.4, 0.5) is 0 Å². The highest BCUT2D eigenvalue weighted by Crippen LogP contribution is 2.21. The molecule has 0 aromatic heterocycles. The van der Waals surface area contributed by atoms with Gasteiger partial charge in [0, 0.05) is 12.2 Å². The highest BCUT2D eigenvalue weighted by Gasteiger charge is 2.19. The van der Waals surface area contributed by atoms with E-state index in [-0.39, 0.29) is 0 Å². The molecule has 84 valence electrons. The van der Waals surface area contributed by atoms with Crippen LogP contribution < -0.4 is 0 Å². The molecular weight excluding hydrogens is 188 g/mol. The molecule has 0 aromatic rings. The molecule has 15 heavy (non-hydrogen) atoms. The van der Waals surface area contributed by atoms with Gasteiger partial charge in [-0.3, -0.25) is 0 Å². The number of aliphatic imine (C=N–C) groups is 1. The van der Waals surface area contributed by atoms with Gasteiger partial charge < -0.3 is 4.90 Å². The summed E-state index contributed by atoms with van der Waals surface area (Å²) in [6.07, 6.45) is 8.59. The van der Waals surface area contributed by atoms with Gasteiger partial charge in [-0.25, -0.2) is 4.79 Å². The smallest absolute Gasteiger partial charge is 0.239 e. The Hall–Kier alpha value is -0.920. The second-order valence-electron chi connectivity index (χ2n) is 4.41. The summed E-state index contributed by atoms with van der Waals surface area (Å²) in [5, 5.41) is 0. The van der Waals surface area contributed by atoms with Gasteiger partial charge in [-0.05, 0) is 52.1 Å². The van der Waals surface area contributed by atoms with Crippen molar-refractivity contribution >= 4 is 6.08 Å². The summed E-state index contributed by atoms with van der Waals surface area (Å²) in [4.78, 5) is 15.7. The highest BCUT2D eigenvalue weighted by molar-refractivity contribution is 5.34. The molecule has 1 saturated heterocycles. The number of nitrogens with zero attached hydrogens (tertiary/aromatic N) is 2. The van der Waals surface area contributed by atoms with Gasteiger partial charge in [-0.2, -0.15) is 4.99 Å². The van der Waals surface area contributed by atoms with Crippen LogP contribution in [-0.2, 0) is 4.79 Å². The lowest BCUT2D eigenvalue weighted by Crippen LogP contribution is -2.38. The molecule has 0 radical (unpaired) electrons. The Morgan fingerprint density at radius 1 is 1.47 bits per heavy atom. The van der Waals surface area contributed by atoms with Crippen molar-refractivity contribution in [1.82, 2.24) is 4.90 Å². The van der Waals surface area contributed by atoms with Gasteiger partial charge in [0.2, 0.25) is 6.08 Å². The van der Waals surface area contributed by atoms with E-state index in [0.717, 1.165) is 12.3 Å². The quantitative estimate of drug-likeness (QED) is 0.525. The molecule has 0 bridgehead atoms. The molecule has 0 unspecified atom stereocenters. The van der Waals surface area contributed by atoms with Crippen LogP contribution in [0.1, 0.15) is 33.1 Å². The van der Waals surface area contributed by atoms with Gasteiger partial charge >= 0.3 is 0 Å². The van der Waals surface area contributed by atoms with Crippen molar-refractivity contribution in [3.63, 3.8) is 0 Å². The monoisotopic (exact) mass is 208 g/mol. The van der Waals surface area contributed by atoms with Crippen molar-refractivity contribution in [2.45, 2.75) is 39.2 Å². The third kappa shape index (κ3) is 4.41. The van der Waals surface area contributed by atoms with Gasteiger partial charge in [0.15, 0.2) is 0 Å². The number of piperidine rings is 1. The largest absolute Gasteiger partial charge is 0.301 e. The average molecular weight is 208 g/mol. The number of hydrogen-bond acceptors (Lipinski definition) is 3. The fourth-order valence-corrected chi connectivity index (χ4v) is 2.04. The number of allylic oxidation sites excluding steroid dienone is 1. The molecule has 0 atom stereocenters. The van der Waals surface area contributed by atoms with Crippen LogP contribution in [0, 0.1) is 5.92 Å². The Labute approximate surface area is 91.9 Å². The van der Waals surface area contributed by atoms with Gasteiger partial charge in [-0.15, -0.1) is 0 Å². The van der Waals surface area contributed by atoms with E-state index in [2.05, 4.69) is 23.7 Å². The molecule has 1 aliphatic heterocycles. The zero-order valence-electron chi connectivity index (χ0n) is 9.65. The van der Waals surface area contributed by atoms with Crippen LogP contribution in [0.5, 0.6) is 0 Å². The minimum atomic E-state index is 0.668. The lowest BCUT2D eigenvalue weighted by Gasteiger charge is -2.34. The predicted molar refractivity (Wildman–Crippen MR) is 61.3 cm³/mol. The molecule has 1 aliphatic rings. The fraction of sp³-hybridized carbons (Fsp3) is 0.750. The van der Waals surface area contributed by atoms with Crippen LogP contribution in [0.25, 0.3) is 0 Å². The summed E-state index contributed by atoms with van der Waals surface area (Å²) in [5.74, 6) is 0.762. The number of hydrogen-bond donors (Lipinski definition) is 0. The van der Waals surface area contributed by atoms with Gasteiger partial charge in [0.1, 0.15) is 0 Å². The molecule has 1 fully saturated rings. The summed E-state index contributed by atoms with van der Waals surface area (Å²) in [7, 11) is 0. The van der Waals surface area contributed by atoms with Gasteiger partial charge in [0.25, 0.3) is 0 Å². The molecule has 0 spiro atoms. The first kappa shape index (κ1) is 12.2. The summed E-state index contributed by atoms with van der Waals surface area (Å²) in [6.45, 7) is 6.90. The van der Waals surface area contributed by atoms with E-state index in [1.165, 1.54) is 32.0 Å². The number of carbonyl (C=O) groups excluding carboxylic acids is 1. The molecule has 0 aromatic carbocycles. The van der Waals surface area contributed by atoms with Crippen LogP contribution >= 0.6 is 0 Å². The number of rotatable bonds is 4. The van der Waals surface area contributed by atoms with Crippen molar-refractivity contribution in [1.29, 1.82) is 0 Å². The SMILES string of the molecule is CC(C)N1CCC(C/C=C\N=C=O)CC1. The van der Waals surface area contributed by atoms with E-state index in [1.54, 1.807) is 6.20 Å². The molecule has 3 nitrogen and oxygen atoms in total. The molecule has 1 rings (SSSR count). The fourth-order valence-electron chi connectivity index (χ4n) is 2.04. The molecule has 0 saturated carbocycles. The van der Waals surface area contributed by atoms with Crippen LogP contribution in [0.2, 0.25) is 0 Å². The molecule has 0 N–H and O–H groups in total. The second kappa shape index (κ2) is 6.54. The predicted octanol–water partition coefficient (Wildman–Crippen LogP) is 2.35. The molecule has 0 amide bonds. The zero-order chi connectivity index (χ0) is 11.1. The van der Waals surface area contributed by atoms with E-state index >= 15 is 0 Å². The minimum Gasteiger partial charge on any atom is -0.301 e. The Morgan fingerprint density at radius 2 is 2.13 bits per heavy atom. The average Bonchev–Trinajstić information content (AvgIpc) is 2.25. The van der Waals surface area contributed by atoms with Crippen LogP contribution in [0.15, 0.2) is 17.3 Å². The summed E-state index contributed by atoms with van der Waals surface area (Å²) >= 11 is 0. The summed E-state index contributed by atoms with van der Waals surface area (Å²) in [6, 6.07) is 0.668. The van der Waals surface area contributed by atoms with Crippen molar-refractivity contribution in [2.75, 3.05) is 13.1 Å².